The fraction of sp³-hybridized carbons (Fsp3) is 0.0149. The van der Waals surface area contributed by atoms with Crippen LogP contribution in [-0.2, 0) is 5.41 Å². The highest BCUT2D eigenvalue weighted by atomic mass is 16.3. The zero-order valence-corrected chi connectivity index (χ0v) is 39.2. The molecule has 1 aliphatic carbocycles. The molecular weight excluding hydrogens is 893 g/mol. The Morgan fingerprint density at radius 2 is 0.904 bits per heavy atom. The maximum absolute atomic E-state index is 10.0. The van der Waals surface area contributed by atoms with Crippen molar-refractivity contribution in [2.24, 2.45) is 0 Å². The van der Waals surface area contributed by atoms with Gasteiger partial charge in [0.05, 0.1) is 40.7 Å². The van der Waals surface area contributed by atoms with Crippen LogP contribution in [0.15, 0.2) is 251 Å². The number of benzene rings is 11. The van der Waals surface area contributed by atoms with E-state index in [2.05, 4.69) is 185 Å². The molecule has 0 radical (unpaired) electrons. The summed E-state index contributed by atoms with van der Waals surface area (Å²) in [6.07, 6.45) is 0. The summed E-state index contributed by atoms with van der Waals surface area (Å²) < 4.78 is 13.6. The van der Waals surface area contributed by atoms with Gasteiger partial charge in [0.25, 0.3) is 0 Å². The Kier molecular flexibility index (Phi) is 9.44. The van der Waals surface area contributed by atoms with E-state index in [4.69, 9.17) is 15.4 Å². The van der Waals surface area contributed by atoms with Gasteiger partial charge in [-0.1, -0.05) is 164 Å². The van der Waals surface area contributed by atoms with Crippen LogP contribution in [0.1, 0.15) is 27.8 Å². The van der Waals surface area contributed by atoms with Crippen LogP contribution >= 0.6 is 0 Å². The van der Waals surface area contributed by atoms with Crippen LogP contribution in [0.2, 0.25) is 0 Å². The molecule has 6 nitrogen and oxygen atoms in total. The summed E-state index contributed by atoms with van der Waals surface area (Å²) in [7, 11) is 0. The highest BCUT2D eigenvalue weighted by molar-refractivity contribution is 6.15. The van der Waals surface area contributed by atoms with Gasteiger partial charge in [0, 0.05) is 44.0 Å². The lowest BCUT2D eigenvalue weighted by molar-refractivity contribution is 0.668. The quantitative estimate of drug-likeness (QED) is 0.142. The van der Waals surface area contributed by atoms with E-state index < -0.39 is 5.41 Å². The zero-order valence-electron chi connectivity index (χ0n) is 39.2. The lowest BCUT2D eigenvalue weighted by atomic mass is 9.67. The second-order valence-electron chi connectivity index (χ2n) is 18.5. The molecule has 6 heteroatoms. The third-order valence-electron chi connectivity index (χ3n) is 14.8. The summed E-state index contributed by atoms with van der Waals surface area (Å²) in [5.41, 5.74) is 15.7. The van der Waals surface area contributed by atoms with Crippen molar-refractivity contribution in [2.45, 2.75) is 5.41 Å². The van der Waals surface area contributed by atoms with Crippen molar-refractivity contribution in [3.8, 4) is 17.2 Å². The second kappa shape index (κ2) is 16.5. The van der Waals surface area contributed by atoms with Crippen LogP contribution in [-0.4, -0.2) is 0 Å². The standard InChI is InChI=1S/C67H40N4O2/c1-69-46-32-36-47(37-33-46)70(59-26-14-24-54-51-21-10-12-28-62(51)72-65(54)59)49-38-39-56-57(40-49)67(44-16-4-2-5-17-44,45-18-6-3-7-19-45)58-41-61(50-20-8-9-23-53(50)64(56)58)71(48-34-30-43(42-68)31-35-48)60-27-15-25-55-52-22-11-13-29-63(52)73-66(55)60/h2-41H. The SMILES string of the molecule is [C-]#[N+]c1ccc(N(c2ccc3c(c2)C(c2ccccc2)(c2ccccc2)c2cc(N(c4ccc(C#N)cc4)c4cccc5c4oc4ccccc45)c4ccccc4c2-3)c2cccc3c2oc2ccccc23)cc1. The third kappa shape index (κ3) is 6.28. The van der Waals surface area contributed by atoms with Gasteiger partial charge in [-0.25, -0.2) is 4.85 Å². The highest BCUT2D eigenvalue weighted by Gasteiger charge is 2.48. The highest BCUT2D eigenvalue weighted by Crippen LogP contribution is 2.61. The summed E-state index contributed by atoms with van der Waals surface area (Å²) in [5.74, 6) is 0. The lowest BCUT2D eigenvalue weighted by Crippen LogP contribution is -2.29. The molecule has 0 N–H and O–H groups in total. The molecule has 14 rings (SSSR count). The monoisotopic (exact) mass is 932 g/mol. The number of fused-ring (bicyclic) bond motifs is 11. The molecule has 2 aromatic heterocycles. The average molecular weight is 933 g/mol. The number of hydrogen-bond donors (Lipinski definition) is 0. The molecule has 0 amide bonds. The summed E-state index contributed by atoms with van der Waals surface area (Å²) in [6, 6.07) is 86.9. The lowest BCUT2D eigenvalue weighted by Gasteiger charge is -2.36. The molecule has 73 heavy (non-hydrogen) atoms. The molecule has 0 spiro atoms. The molecule has 1 aliphatic rings. The van der Waals surface area contributed by atoms with E-state index in [0.717, 1.165) is 122 Å². The van der Waals surface area contributed by atoms with Gasteiger partial charge in [-0.15, -0.1) is 0 Å². The van der Waals surface area contributed by atoms with Crippen LogP contribution in [0.5, 0.6) is 0 Å². The number of nitriles is 1. The Morgan fingerprint density at radius 3 is 1.49 bits per heavy atom. The number of anilines is 6. The topological polar surface area (TPSA) is 60.9 Å². The largest absolute Gasteiger partial charge is 0.454 e. The van der Waals surface area contributed by atoms with Crippen molar-refractivity contribution < 1.29 is 8.83 Å². The van der Waals surface area contributed by atoms with Gasteiger partial charge in [-0.3, -0.25) is 0 Å². The molecule has 11 aromatic carbocycles. The van der Waals surface area contributed by atoms with Crippen LogP contribution in [0.25, 0.3) is 70.6 Å². The van der Waals surface area contributed by atoms with E-state index >= 15 is 0 Å². The minimum absolute atomic E-state index is 0.566. The Hall–Kier alpha value is -10.1. The van der Waals surface area contributed by atoms with Crippen LogP contribution in [0.3, 0.4) is 0 Å². The van der Waals surface area contributed by atoms with Crippen molar-refractivity contribution in [2.75, 3.05) is 9.80 Å². The number of furan rings is 2. The predicted octanol–water partition coefficient (Wildman–Crippen LogP) is 18.4. The van der Waals surface area contributed by atoms with Crippen LogP contribution < -0.4 is 9.80 Å². The molecule has 0 unspecified atom stereocenters. The van der Waals surface area contributed by atoms with Crippen LogP contribution in [0, 0.1) is 17.9 Å². The number of hydrogen-bond acceptors (Lipinski definition) is 5. The van der Waals surface area contributed by atoms with E-state index in [1.54, 1.807) is 0 Å². The summed E-state index contributed by atoms with van der Waals surface area (Å²) in [6.45, 7) is 7.82. The van der Waals surface area contributed by atoms with Gasteiger partial charge in [0.15, 0.2) is 16.9 Å². The van der Waals surface area contributed by atoms with Gasteiger partial charge in [0.2, 0.25) is 0 Å². The molecule has 340 valence electrons. The molecule has 0 aliphatic heterocycles. The van der Waals surface area contributed by atoms with E-state index in [1.807, 2.05) is 78.9 Å². The Labute approximate surface area is 420 Å². The Bertz CT molecular complexity index is 4370. The molecular formula is C67H40N4O2. The van der Waals surface area contributed by atoms with Crippen molar-refractivity contribution >= 4 is 94.5 Å². The van der Waals surface area contributed by atoms with Gasteiger partial charge in [-0.05, 0) is 118 Å². The number of para-hydroxylation sites is 4. The van der Waals surface area contributed by atoms with Crippen molar-refractivity contribution in [3.05, 3.63) is 282 Å². The second-order valence-corrected chi connectivity index (χ2v) is 18.5. The van der Waals surface area contributed by atoms with Crippen molar-refractivity contribution in [1.29, 1.82) is 5.26 Å². The first-order valence-electron chi connectivity index (χ1n) is 24.3. The predicted molar refractivity (Wildman–Crippen MR) is 296 cm³/mol. The molecule has 0 saturated heterocycles. The average Bonchev–Trinajstić information content (AvgIpc) is 4.13. The van der Waals surface area contributed by atoms with Gasteiger partial charge < -0.3 is 18.6 Å². The number of rotatable bonds is 8. The van der Waals surface area contributed by atoms with E-state index in [-0.39, 0.29) is 0 Å². The number of nitrogens with zero attached hydrogens (tertiary/aromatic N) is 4. The Morgan fingerprint density at radius 1 is 0.411 bits per heavy atom. The first-order chi connectivity index (χ1) is 36.1. The summed E-state index contributed by atoms with van der Waals surface area (Å²) in [5, 5.41) is 16.3. The van der Waals surface area contributed by atoms with E-state index in [1.165, 1.54) is 0 Å². The fourth-order valence-electron chi connectivity index (χ4n) is 11.6. The normalized spacial score (nSPS) is 12.5. The third-order valence-corrected chi connectivity index (χ3v) is 14.8. The first-order valence-corrected chi connectivity index (χ1v) is 24.3. The smallest absolute Gasteiger partial charge is 0.187 e. The fourth-order valence-corrected chi connectivity index (χ4v) is 11.6. The van der Waals surface area contributed by atoms with Gasteiger partial charge in [-0.2, -0.15) is 5.26 Å². The van der Waals surface area contributed by atoms with Gasteiger partial charge >= 0.3 is 0 Å². The van der Waals surface area contributed by atoms with E-state index in [0.29, 0.717) is 11.3 Å². The molecule has 13 aromatic rings. The van der Waals surface area contributed by atoms with Crippen molar-refractivity contribution in [3.63, 3.8) is 0 Å². The van der Waals surface area contributed by atoms with Crippen molar-refractivity contribution in [1.82, 2.24) is 0 Å². The molecule has 0 saturated carbocycles. The molecule has 0 atom stereocenters. The molecule has 0 fully saturated rings. The maximum Gasteiger partial charge on any atom is 0.187 e. The minimum atomic E-state index is -0.839. The summed E-state index contributed by atoms with van der Waals surface area (Å²) in [4.78, 5) is 8.34. The maximum atomic E-state index is 10.0. The molecule has 2 heterocycles. The van der Waals surface area contributed by atoms with E-state index in [9.17, 15) is 5.26 Å². The van der Waals surface area contributed by atoms with Gasteiger partial charge in [0.1, 0.15) is 11.2 Å². The Balaban J connectivity index is 1.09. The first kappa shape index (κ1) is 41.8. The molecule has 0 bridgehead atoms. The zero-order chi connectivity index (χ0) is 48.6. The van der Waals surface area contributed by atoms with Crippen LogP contribution in [0.4, 0.5) is 39.8 Å². The summed E-state index contributed by atoms with van der Waals surface area (Å²) >= 11 is 0. The minimum Gasteiger partial charge on any atom is -0.454 e.